The fourth-order valence-corrected chi connectivity index (χ4v) is 4.52. The van der Waals surface area contributed by atoms with Crippen LogP contribution in [0.15, 0.2) is 0 Å². The van der Waals surface area contributed by atoms with E-state index in [2.05, 4.69) is 23.6 Å². The summed E-state index contributed by atoms with van der Waals surface area (Å²) in [5.74, 6) is 0.812. The van der Waals surface area contributed by atoms with Crippen molar-refractivity contribution in [1.82, 2.24) is 9.80 Å². The highest BCUT2D eigenvalue weighted by atomic mass is 16.1. The van der Waals surface area contributed by atoms with Gasteiger partial charge in [0.1, 0.15) is 6.29 Å². The minimum atomic E-state index is -0.0401. The van der Waals surface area contributed by atoms with Crippen molar-refractivity contribution in [2.45, 2.75) is 64.5 Å². The molecule has 20 heavy (non-hydrogen) atoms. The lowest BCUT2D eigenvalue weighted by atomic mass is 9.71. The number of rotatable bonds is 3. The molecule has 3 heteroatoms. The van der Waals surface area contributed by atoms with Crippen molar-refractivity contribution in [3.63, 3.8) is 0 Å². The Bertz CT molecular complexity index is 349. The zero-order chi connectivity index (χ0) is 14.2. The molecule has 3 aliphatic rings. The molecule has 0 spiro atoms. The van der Waals surface area contributed by atoms with Crippen LogP contribution in [0.3, 0.4) is 0 Å². The van der Waals surface area contributed by atoms with Gasteiger partial charge in [-0.2, -0.15) is 0 Å². The third kappa shape index (κ3) is 2.80. The van der Waals surface area contributed by atoms with Crippen LogP contribution in [-0.4, -0.2) is 54.3 Å². The summed E-state index contributed by atoms with van der Waals surface area (Å²) in [6.45, 7) is 9.36. The van der Waals surface area contributed by atoms with E-state index in [-0.39, 0.29) is 5.41 Å². The van der Waals surface area contributed by atoms with Gasteiger partial charge in [-0.3, -0.25) is 9.80 Å². The summed E-state index contributed by atoms with van der Waals surface area (Å²) in [5.41, 5.74) is -0.0401. The molecule has 2 saturated heterocycles. The third-order valence-electron chi connectivity index (χ3n) is 6.10. The Balaban J connectivity index is 1.64. The van der Waals surface area contributed by atoms with Gasteiger partial charge >= 0.3 is 0 Å². The predicted octanol–water partition coefficient (Wildman–Crippen LogP) is 2.55. The summed E-state index contributed by atoms with van der Waals surface area (Å²) < 4.78 is 0. The molecule has 3 rings (SSSR count). The minimum absolute atomic E-state index is 0.0401. The van der Waals surface area contributed by atoms with Crippen molar-refractivity contribution in [2.24, 2.45) is 11.3 Å². The van der Waals surface area contributed by atoms with Gasteiger partial charge in [-0.1, -0.05) is 6.92 Å². The standard InChI is InChI=1S/C17H30N2O/c1-14-5-7-17(13-20,8-6-14)12-19-11-16-4-3-9-18(16)10-15(19)2/h13-16H,3-12H2,1-2H3. The first-order chi connectivity index (χ1) is 9.62. The first kappa shape index (κ1) is 14.5. The lowest BCUT2D eigenvalue weighted by molar-refractivity contribution is -0.120. The molecule has 0 aromatic rings. The molecule has 2 aliphatic heterocycles. The molecule has 2 unspecified atom stereocenters. The molecule has 1 saturated carbocycles. The number of piperazine rings is 1. The molecule has 0 bridgehead atoms. The number of carbonyl (C=O) groups excluding carboxylic acids is 1. The third-order valence-corrected chi connectivity index (χ3v) is 6.10. The molecule has 3 fully saturated rings. The maximum Gasteiger partial charge on any atom is 0.127 e. The van der Waals surface area contributed by atoms with Crippen molar-refractivity contribution in [3.8, 4) is 0 Å². The van der Waals surface area contributed by atoms with Crippen LogP contribution in [0.1, 0.15) is 52.4 Å². The van der Waals surface area contributed by atoms with Gasteiger partial charge in [0.2, 0.25) is 0 Å². The second kappa shape index (κ2) is 5.76. The van der Waals surface area contributed by atoms with Crippen LogP contribution in [-0.2, 0) is 4.79 Å². The van der Waals surface area contributed by atoms with E-state index in [1.807, 2.05) is 0 Å². The fraction of sp³-hybridized carbons (Fsp3) is 0.941. The van der Waals surface area contributed by atoms with Gasteiger partial charge in [0.25, 0.3) is 0 Å². The van der Waals surface area contributed by atoms with Crippen LogP contribution in [0.5, 0.6) is 0 Å². The van der Waals surface area contributed by atoms with Crippen LogP contribution in [0, 0.1) is 11.3 Å². The fourth-order valence-electron chi connectivity index (χ4n) is 4.52. The minimum Gasteiger partial charge on any atom is -0.303 e. The first-order valence-corrected chi connectivity index (χ1v) is 8.56. The monoisotopic (exact) mass is 278 g/mol. The summed E-state index contributed by atoms with van der Waals surface area (Å²) in [7, 11) is 0. The number of hydrogen-bond donors (Lipinski definition) is 0. The van der Waals surface area contributed by atoms with Crippen LogP contribution in [0.2, 0.25) is 0 Å². The van der Waals surface area contributed by atoms with Crippen LogP contribution < -0.4 is 0 Å². The topological polar surface area (TPSA) is 23.6 Å². The zero-order valence-corrected chi connectivity index (χ0v) is 13.2. The van der Waals surface area contributed by atoms with E-state index in [1.165, 1.54) is 51.6 Å². The second-order valence-electron chi connectivity index (χ2n) is 7.73. The molecule has 2 heterocycles. The maximum atomic E-state index is 11.8. The van der Waals surface area contributed by atoms with Gasteiger partial charge in [0.15, 0.2) is 0 Å². The van der Waals surface area contributed by atoms with Crippen molar-refractivity contribution >= 4 is 6.29 Å². The Hall–Kier alpha value is -0.410. The smallest absolute Gasteiger partial charge is 0.127 e. The molecule has 2 atom stereocenters. The normalized spacial score (nSPS) is 43.4. The predicted molar refractivity (Wildman–Crippen MR) is 81.8 cm³/mol. The molecule has 3 nitrogen and oxygen atoms in total. The number of carbonyl (C=O) groups is 1. The van der Waals surface area contributed by atoms with Gasteiger partial charge in [-0.25, -0.2) is 0 Å². The Labute approximate surface area is 123 Å². The number of aldehydes is 1. The van der Waals surface area contributed by atoms with E-state index >= 15 is 0 Å². The Morgan fingerprint density at radius 2 is 1.90 bits per heavy atom. The summed E-state index contributed by atoms with van der Waals surface area (Å²) in [4.78, 5) is 17.0. The quantitative estimate of drug-likeness (QED) is 0.741. The zero-order valence-electron chi connectivity index (χ0n) is 13.2. The summed E-state index contributed by atoms with van der Waals surface area (Å²) in [5, 5.41) is 0. The molecule has 0 radical (unpaired) electrons. The van der Waals surface area contributed by atoms with Gasteiger partial charge in [0, 0.05) is 37.1 Å². The Morgan fingerprint density at radius 1 is 1.15 bits per heavy atom. The van der Waals surface area contributed by atoms with Crippen molar-refractivity contribution < 1.29 is 4.79 Å². The van der Waals surface area contributed by atoms with Crippen molar-refractivity contribution in [2.75, 3.05) is 26.2 Å². The summed E-state index contributed by atoms with van der Waals surface area (Å²) in [6.07, 6.45) is 8.69. The average molecular weight is 278 g/mol. The van der Waals surface area contributed by atoms with Crippen LogP contribution in [0.25, 0.3) is 0 Å². The van der Waals surface area contributed by atoms with Crippen molar-refractivity contribution in [3.05, 3.63) is 0 Å². The second-order valence-corrected chi connectivity index (χ2v) is 7.73. The van der Waals surface area contributed by atoms with E-state index in [0.717, 1.165) is 31.3 Å². The van der Waals surface area contributed by atoms with Crippen LogP contribution in [0.4, 0.5) is 0 Å². The summed E-state index contributed by atoms with van der Waals surface area (Å²) in [6, 6.07) is 1.37. The number of hydrogen-bond acceptors (Lipinski definition) is 3. The number of nitrogens with zero attached hydrogens (tertiary/aromatic N) is 2. The van der Waals surface area contributed by atoms with Crippen molar-refractivity contribution in [1.29, 1.82) is 0 Å². The molecular formula is C17H30N2O. The van der Waals surface area contributed by atoms with Gasteiger partial charge in [-0.15, -0.1) is 0 Å². The highest BCUT2D eigenvalue weighted by Crippen LogP contribution is 2.39. The Morgan fingerprint density at radius 3 is 2.60 bits per heavy atom. The molecule has 114 valence electrons. The summed E-state index contributed by atoms with van der Waals surface area (Å²) >= 11 is 0. The lowest BCUT2D eigenvalue weighted by Crippen LogP contribution is -2.57. The largest absolute Gasteiger partial charge is 0.303 e. The molecule has 1 aliphatic carbocycles. The van der Waals surface area contributed by atoms with E-state index in [4.69, 9.17) is 0 Å². The molecule has 0 aromatic heterocycles. The van der Waals surface area contributed by atoms with E-state index in [9.17, 15) is 4.79 Å². The molecular weight excluding hydrogens is 248 g/mol. The Kier molecular flexibility index (Phi) is 4.19. The van der Waals surface area contributed by atoms with Crippen LogP contribution >= 0.6 is 0 Å². The molecule has 0 N–H and O–H groups in total. The molecule has 0 amide bonds. The first-order valence-electron chi connectivity index (χ1n) is 8.56. The maximum absolute atomic E-state index is 11.8. The van der Waals surface area contributed by atoms with Gasteiger partial charge in [-0.05, 0) is 57.9 Å². The highest BCUT2D eigenvalue weighted by Gasteiger charge is 2.40. The SMILES string of the molecule is CC1CCC(C=O)(CN2CC3CCCN3CC2C)CC1. The van der Waals surface area contributed by atoms with E-state index in [0.29, 0.717) is 6.04 Å². The molecule has 0 aromatic carbocycles. The van der Waals surface area contributed by atoms with Gasteiger partial charge < -0.3 is 4.79 Å². The highest BCUT2D eigenvalue weighted by molar-refractivity contribution is 5.60. The number of fused-ring (bicyclic) bond motifs is 1. The average Bonchev–Trinajstić information content (AvgIpc) is 2.89. The van der Waals surface area contributed by atoms with Gasteiger partial charge in [0.05, 0.1) is 0 Å². The van der Waals surface area contributed by atoms with E-state index in [1.54, 1.807) is 0 Å². The lowest BCUT2D eigenvalue weighted by Gasteiger charge is -2.46. The van der Waals surface area contributed by atoms with E-state index < -0.39 is 0 Å².